The quantitative estimate of drug-likeness (QED) is 0.502. The zero-order chi connectivity index (χ0) is 18.9. The highest BCUT2D eigenvalue weighted by Gasteiger charge is 2.36. The Morgan fingerprint density at radius 3 is 2.08 bits per heavy atom. The third-order valence-electron chi connectivity index (χ3n) is 4.51. The van der Waals surface area contributed by atoms with Crippen molar-refractivity contribution in [3.05, 3.63) is 0 Å². The lowest BCUT2D eigenvalue weighted by atomic mass is 9.79. The summed E-state index contributed by atoms with van der Waals surface area (Å²) in [6, 6.07) is 0. The zero-order valence-corrected chi connectivity index (χ0v) is 15.7. The van der Waals surface area contributed by atoms with Gasteiger partial charge in [0.15, 0.2) is 0 Å². The van der Waals surface area contributed by atoms with E-state index in [1.54, 1.807) is 0 Å². The third kappa shape index (κ3) is 8.89. The molecule has 2 atom stereocenters. The zero-order valence-electron chi connectivity index (χ0n) is 15.7. The predicted octanol–water partition coefficient (Wildman–Crippen LogP) is 3.57. The summed E-state index contributed by atoms with van der Waals surface area (Å²) in [4.78, 5) is 34.8. The summed E-state index contributed by atoms with van der Waals surface area (Å²) >= 11 is 0. The first kappa shape index (κ1) is 21.5. The van der Waals surface area contributed by atoms with E-state index in [4.69, 9.17) is 9.47 Å². The molecule has 0 spiro atoms. The normalized spacial score (nSPS) is 20.8. The fourth-order valence-corrected chi connectivity index (χ4v) is 2.93. The van der Waals surface area contributed by atoms with Gasteiger partial charge in [0.2, 0.25) is 0 Å². The summed E-state index contributed by atoms with van der Waals surface area (Å²) < 4.78 is 10.4. The standard InChI is InChI=1S/C19H32O6/c1-19(2,3)11-10-16(20)24-12-6-7-13-25-18(23)15-9-5-4-8-14(15)17(21)22/h14-15H,4-13H2,1-3H3,(H,21,22). The third-order valence-corrected chi connectivity index (χ3v) is 4.51. The van der Waals surface area contributed by atoms with Crippen molar-refractivity contribution in [2.45, 2.75) is 72.1 Å². The van der Waals surface area contributed by atoms with Crippen LogP contribution < -0.4 is 0 Å². The predicted molar refractivity (Wildman–Crippen MR) is 92.9 cm³/mol. The van der Waals surface area contributed by atoms with Crippen LogP contribution in [0.2, 0.25) is 0 Å². The van der Waals surface area contributed by atoms with Crippen molar-refractivity contribution in [2.75, 3.05) is 13.2 Å². The summed E-state index contributed by atoms with van der Waals surface area (Å²) in [5, 5.41) is 9.19. The number of unbranched alkanes of at least 4 members (excludes halogenated alkanes) is 1. The minimum atomic E-state index is -0.913. The molecule has 6 heteroatoms. The average Bonchev–Trinajstić information content (AvgIpc) is 2.55. The maximum absolute atomic E-state index is 12.1. The minimum absolute atomic E-state index is 0.111. The van der Waals surface area contributed by atoms with Crippen LogP contribution in [0.15, 0.2) is 0 Å². The van der Waals surface area contributed by atoms with E-state index < -0.39 is 23.8 Å². The molecule has 0 saturated heterocycles. The van der Waals surface area contributed by atoms with Gasteiger partial charge >= 0.3 is 17.9 Å². The highest BCUT2D eigenvalue weighted by atomic mass is 16.5. The second-order valence-electron chi connectivity index (χ2n) is 7.99. The van der Waals surface area contributed by atoms with E-state index in [0.29, 0.717) is 38.7 Å². The van der Waals surface area contributed by atoms with E-state index in [2.05, 4.69) is 20.8 Å². The fourth-order valence-electron chi connectivity index (χ4n) is 2.93. The van der Waals surface area contributed by atoms with Gasteiger partial charge in [0.05, 0.1) is 25.0 Å². The second-order valence-corrected chi connectivity index (χ2v) is 7.99. The van der Waals surface area contributed by atoms with Crippen molar-refractivity contribution in [2.24, 2.45) is 17.3 Å². The Bertz CT molecular complexity index is 451. The molecular weight excluding hydrogens is 324 g/mol. The molecule has 0 heterocycles. The molecule has 6 nitrogen and oxygen atoms in total. The van der Waals surface area contributed by atoms with Gasteiger partial charge in [-0.05, 0) is 37.5 Å². The first-order valence-corrected chi connectivity index (χ1v) is 9.26. The number of aliphatic carboxylic acids is 1. The topological polar surface area (TPSA) is 89.9 Å². The number of carbonyl (C=O) groups excluding carboxylic acids is 2. The van der Waals surface area contributed by atoms with Crippen molar-refractivity contribution < 1.29 is 29.0 Å². The molecule has 1 aliphatic rings. The van der Waals surface area contributed by atoms with Gasteiger partial charge in [0.25, 0.3) is 0 Å². The van der Waals surface area contributed by atoms with Gasteiger partial charge in [0, 0.05) is 6.42 Å². The number of carbonyl (C=O) groups is 3. The van der Waals surface area contributed by atoms with Crippen LogP contribution >= 0.6 is 0 Å². The SMILES string of the molecule is CC(C)(C)CCC(=O)OCCCCOC(=O)C1CCCCC1C(=O)O. The number of esters is 2. The molecule has 1 rings (SSSR count). The van der Waals surface area contributed by atoms with Gasteiger partial charge < -0.3 is 14.6 Å². The molecule has 1 saturated carbocycles. The Morgan fingerprint density at radius 1 is 0.960 bits per heavy atom. The lowest BCUT2D eigenvalue weighted by Gasteiger charge is -2.26. The molecule has 0 aromatic heterocycles. The van der Waals surface area contributed by atoms with Gasteiger partial charge in [-0.25, -0.2) is 0 Å². The number of ether oxygens (including phenoxy) is 2. The number of hydrogen-bond acceptors (Lipinski definition) is 5. The van der Waals surface area contributed by atoms with E-state index in [9.17, 15) is 19.5 Å². The van der Waals surface area contributed by atoms with Crippen molar-refractivity contribution in [1.82, 2.24) is 0 Å². The molecule has 0 aromatic rings. The fraction of sp³-hybridized carbons (Fsp3) is 0.842. The number of carboxylic acid groups (broad SMARTS) is 1. The summed E-state index contributed by atoms with van der Waals surface area (Å²) in [5.74, 6) is -2.66. The molecule has 1 N–H and O–H groups in total. The van der Waals surface area contributed by atoms with E-state index in [0.717, 1.165) is 19.3 Å². The van der Waals surface area contributed by atoms with Crippen LogP contribution in [0.25, 0.3) is 0 Å². The number of rotatable bonds is 9. The van der Waals surface area contributed by atoms with Crippen LogP contribution in [0.3, 0.4) is 0 Å². The Hall–Kier alpha value is -1.59. The van der Waals surface area contributed by atoms with Crippen LogP contribution in [0.4, 0.5) is 0 Å². The molecule has 0 amide bonds. The number of hydrogen-bond donors (Lipinski definition) is 1. The first-order valence-electron chi connectivity index (χ1n) is 9.26. The van der Waals surface area contributed by atoms with Gasteiger partial charge in [-0.3, -0.25) is 14.4 Å². The van der Waals surface area contributed by atoms with Crippen LogP contribution in [-0.4, -0.2) is 36.2 Å². The summed E-state index contributed by atoms with van der Waals surface area (Å²) in [6.07, 6.45) is 5.27. The molecular formula is C19H32O6. The molecule has 0 aromatic carbocycles. The summed E-state index contributed by atoms with van der Waals surface area (Å²) in [7, 11) is 0. The minimum Gasteiger partial charge on any atom is -0.481 e. The molecule has 1 aliphatic carbocycles. The van der Waals surface area contributed by atoms with Gasteiger partial charge in [-0.15, -0.1) is 0 Å². The summed E-state index contributed by atoms with van der Waals surface area (Å²) in [5.41, 5.74) is 0.111. The smallest absolute Gasteiger partial charge is 0.309 e. The van der Waals surface area contributed by atoms with E-state index >= 15 is 0 Å². The van der Waals surface area contributed by atoms with Crippen molar-refractivity contribution >= 4 is 17.9 Å². The Balaban J connectivity index is 2.13. The number of carboxylic acids is 1. The van der Waals surface area contributed by atoms with E-state index in [1.165, 1.54) is 0 Å². The van der Waals surface area contributed by atoms with Crippen molar-refractivity contribution in [3.8, 4) is 0 Å². The molecule has 0 radical (unpaired) electrons. The summed E-state index contributed by atoms with van der Waals surface area (Å²) in [6.45, 7) is 6.80. The highest BCUT2D eigenvalue weighted by molar-refractivity contribution is 5.81. The van der Waals surface area contributed by atoms with Crippen LogP contribution in [0.5, 0.6) is 0 Å². The van der Waals surface area contributed by atoms with Crippen LogP contribution in [-0.2, 0) is 23.9 Å². The molecule has 0 aliphatic heterocycles. The maximum atomic E-state index is 12.1. The molecule has 144 valence electrons. The Morgan fingerprint density at radius 2 is 1.52 bits per heavy atom. The van der Waals surface area contributed by atoms with E-state index in [-0.39, 0.29) is 18.0 Å². The first-order chi connectivity index (χ1) is 11.7. The average molecular weight is 356 g/mol. The van der Waals surface area contributed by atoms with Gasteiger partial charge in [0.1, 0.15) is 0 Å². The Labute approximate surface area is 150 Å². The maximum Gasteiger partial charge on any atom is 0.309 e. The molecule has 2 unspecified atom stereocenters. The van der Waals surface area contributed by atoms with Crippen molar-refractivity contribution in [3.63, 3.8) is 0 Å². The molecule has 25 heavy (non-hydrogen) atoms. The molecule has 0 bridgehead atoms. The van der Waals surface area contributed by atoms with Crippen molar-refractivity contribution in [1.29, 1.82) is 0 Å². The largest absolute Gasteiger partial charge is 0.481 e. The monoisotopic (exact) mass is 356 g/mol. The van der Waals surface area contributed by atoms with Crippen LogP contribution in [0, 0.1) is 17.3 Å². The second kappa shape index (κ2) is 10.4. The van der Waals surface area contributed by atoms with Gasteiger partial charge in [-0.2, -0.15) is 0 Å². The van der Waals surface area contributed by atoms with Crippen LogP contribution in [0.1, 0.15) is 72.1 Å². The van der Waals surface area contributed by atoms with E-state index in [1.807, 2.05) is 0 Å². The lowest BCUT2D eigenvalue weighted by Crippen LogP contribution is -2.34. The Kier molecular flexibility index (Phi) is 8.93. The highest BCUT2D eigenvalue weighted by Crippen LogP contribution is 2.31. The lowest BCUT2D eigenvalue weighted by molar-refractivity contribution is -0.159. The van der Waals surface area contributed by atoms with Gasteiger partial charge in [-0.1, -0.05) is 33.6 Å². The molecule has 1 fully saturated rings.